The average molecular weight is 283 g/mol. The minimum Gasteiger partial charge on any atom is -0.477 e. The molecule has 0 aliphatic carbocycles. The van der Waals surface area contributed by atoms with Crippen molar-refractivity contribution in [3.63, 3.8) is 0 Å². The van der Waals surface area contributed by atoms with E-state index < -0.39 is 29.1 Å². The summed E-state index contributed by atoms with van der Waals surface area (Å²) in [6.45, 7) is 0. The highest BCUT2D eigenvalue weighted by Crippen LogP contribution is 2.25. The van der Waals surface area contributed by atoms with Crippen LogP contribution < -0.4 is 11.1 Å². The third-order valence-corrected chi connectivity index (χ3v) is 2.39. The quantitative estimate of drug-likeness (QED) is 0.753. The van der Waals surface area contributed by atoms with E-state index in [4.69, 9.17) is 10.8 Å². The number of aromatic carboxylic acids is 1. The Hall–Kier alpha value is -2.77. The van der Waals surface area contributed by atoms with E-state index in [1.54, 1.807) is 0 Å². The van der Waals surface area contributed by atoms with Gasteiger partial charge < -0.3 is 16.2 Å². The highest BCUT2D eigenvalue weighted by Gasteiger charge is 2.14. The fourth-order valence-corrected chi connectivity index (χ4v) is 1.46. The van der Waals surface area contributed by atoms with Gasteiger partial charge in [-0.3, -0.25) is 0 Å². The van der Waals surface area contributed by atoms with Crippen LogP contribution >= 0.6 is 0 Å². The lowest BCUT2D eigenvalue weighted by Gasteiger charge is -2.10. The number of aromatic nitrogens is 1. The predicted molar refractivity (Wildman–Crippen MR) is 65.2 cm³/mol. The number of nitrogens with two attached hydrogens (primary N) is 1. The van der Waals surface area contributed by atoms with Gasteiger partial charge >= 0.3 is 5.97 Å². The van der Waals surface area contributed by atoms with E-state index in [0.717, 1.165) is 6.07 Å². The summed E-state index contributed by atoms with van der Waals surface area (Å²) < 4.78 is 39.5. The van der Waals surface area contributed by atoms with Gasteiger partial charge in [-0.1, -0.05) is 0 Å². The summed E-state index contributed by atoms with van der Waals surface area (Å²) >= 11 is 0. The number of nitrogens with one attached hydrogen (secondary N) is 1. The maximum absolute atomic E-state index is 13.5. The van der Waals surface area contributed by atoms with E-state index in [1.165, 1.54) is 6.07 Å². The second kappa shape index (κ2) is 5.08. The van der Waals surface area contributed by atoms with Crippen LogP contribution in [0, 0.1) is 17.5 Å². The Morgan fingerprint density at radius 2 is 1.95 bits per heavy atom. The van der Waals surface area contributed by atoms with Gasteiger partial charge in [0.05, 0.1) is 11.4 Å². The van der Waals surface area contributed by atoms with E-state index in [1.807, 2.05) is 0 Å². The molecule has 20 heavy (non-hydrogen) atoms. The molecule has 0 spiro atoms. The highest BCUT2D eigenvalue weighted by molar-refractivity contribution is 5.87. The number of nitrogens with zero attached hydrogens (tertiary/aromatic N) is 1. The second-order valence-electron chi connectivity index (χ2n) is 3.81. The number of carbonyl (C=O) groups is 1. The van der Waals surface area contributed by atoms with Crippen LogP contribution in [0.15, 0.2) is 24.3 Å². The molecule has 0 aliphatic rings. The van der Waals surface area contributed by atoms with Crippen LogP contribution in [-0.2, 0) is 0 Å². The maximum Gasteiger partial charge on any atom is 0.354 e. The molecule has 2 aromatic rings. The minimum atomic E-state index is -1.39. The zero-order valence-corrected chi connectivity index (χ0v) is 9.82. The van der Waals surface area contributed by atoms with Crippen LogP contribution in [0.3, 0.4) is 0 Å². The van der Waals surface area contributed by atoms with E-state index in [-0.39, 0.29) is 17.2 Å². The Labute approximate surface area is 110 Å². The molecule has 0 fully saturated rings. The van der Waals surface area contributed by atoms with Gasteiger partial charge in [-0.2, -0.15) is 0 Å². The van der Waals surface area contributed by atoms with Crippen LogP contribution in [0.1, 0.15) is 10.5 Å². The number of carboxylic acid groups (broad SMARTS) is 1. The van der Waals surface area contributed by atoms with E-state index in [9.17, 15) is 18.0 Å². The number of benzene rings is 1. The Kier molecular flexibility index (Phi) is 3.47. The molecule has 1 aromatic carbocycles. The SMILES string of the molecule is Nc1ccc(C(=O)O)nc1Nc1cc(F)cc(F)c1F. The molecule has 1 heterocycles. The van der Waals surface area contributed by atoms with Crippen molar-refractivity contribution in [2.24, 2.45) is 0 Å². The molecule has 0 amide bonds. The first kappa shape index (κ1) is 13.7. The summed E-state index contributed by atoms with van der Waals surface area (Å²) in [5.41, 5.74) is 4.65. The second-order valence-corrected chi connectivity index (χ2v) is 3.81. The first-order chi connectivity index (χ1) is 9.38. The van der Waals surface area contributed by atoms with E-state index >= 15 is 0 Å². The number of hydrogen-bond donors (Lipinski definition) is 3. The molecular weight excluding hydrogens is 275 g/mol. The molecule has 0 saturated carbocycles. The van der Waals surface area contributed by atoms with Crippen molar-refractivity contribution in [2.75, 3.05) is 11.1 Å². The molecular formula is C12H8F3N3O2. The summed E-state index contributed by atoms with van der Waals surface area (Å²) in [5.74, 6) is -5.25. The van der Waals surface area contributed by atoms with Crippen molar-refractivity contribution >= 4 is 23.2 Å². The molecule has 0 saturated heterocycles. The number of rotatable bonds is 3. The Morgan fingerprint density at radius 3 is 2.60 bits per heavy atom. The predicted octanol–water partition coefficient (Wildman–Crippen LogP) is 2.52. The van der Waals surface area contributed by atoms with Crippen LogP contribution in [0.4, 0.5) is 30.4 Å². The van der Waals surface area contributed by atoms with Crippen LogP contribution in [0.25, 0.3) is 0 Å². The molecule has 0 bridgehead atoms. The van der Waals surface area contributed by atoms with Crippen LogP contribution in [0.2, 0.25) is 0 Å². The Morgan fingerprint density at radius 1 is 1.25 bits per heavy atom. The topological polar surface area (TPSA) is 88.2 Å². The normalized spacial score (nSPS) is 10.3. The third kappa shape index (κ3) is 2.63. The molecule has 0 unspecified atom stereocenters. The van der Waals surface area contributed by atoms with E-state index in [0.29, 0.717) is 12.1 Å². The van der Waals surface area contributed by atoms with Crippen molar-refractivity contribution < 1.29 is 23.1 Å². The molecule has 104 valence electrons. The Bertz CT molecular complexity index is 692. The van der Waals surface area contributed by atoms with Crippen LogP contribution in [0.5, 0.6) is 0 Å². The molecule has 0 aliphatic heterocycles. The van der Waals surface area contributed by atoms with Gasteiger partial charge in [0.2, 0.25) is 0 Å². The molecule has 1 aromatic heterocycles. The minimum absolute atomic E-state index is 0.000862. The van der Waals surface area contributed by atoms with Crippen molar-refractivity contribution in [2.45, 2.75) is 0 Å². The first-order valence-electron chi connectivity index (χ1n) is 5.30. The number of anilines is 3. The summed E-state index contributed by atoms with van der Waals surface area (Å²) in [4.78, 5) is 14.4. The molecule has 4 N–H and O–H groups in total. The van der Waals surface area contributed by atoms with Gasteiger partial charge in [-0.05, 0) is 12.1 Å². The van der Waals surface area contributed by atoms with Crippen molar-refractivity contribution in [1.82, 2.24) is 4.98 Å². The largest absolute Gasteiger partial charge is 0.477 e. The molecule has 5 nitrogen and oxygen atoms in total. The average Bonchev–Trinajstić information content (AvgIpc) is 2.37. The lowest BCUT2D eigenvalue weighted by Crippen LogP contribution is -2.07. The smallest absolute Gasteiger partial charge is 0.354 e. The number of hydrogen-bond acceptors (Lipinski definition) is 4. The van der Waals surface area contributed by atoms with Crippen molar-refractivity contribution in [3.8, 4) is 0 Å². The third-order valence-electron chi connectivity index (χ3n) is 2.39. The monoisotopic (exact) mass is 283 g/mol. The molecule has 0 radical (unpaired) electrons. The van der Waals surface area contributed by atoms with Crippen molar-refractivity contribution in [3.05, 3.63) is 47.4 Å². The first-order valence-corrected chi connectivity index (χ1v) is 5.30. The molecule has 0 atom stereocenters. The van der Waals surface area contributed by atoms with Gasteiger partial charge in [-0.15, -0.1) is 0 Å². The van der Waals surface area contributed by atoms with Gasteiger partial charge in [0.25, 0.3) is 0 Å². The van der Waals surface area contributed by atoms with Gasteiger partial charge in [0, 0.05) is 12.1 Å². The summed E-state index contributed by atoms with van der Waals surface area (Å²) in [6.07, 6.45) is 0. The van der Waals surface area contributed by atoms with E-state index in [2.05, 4.69) is 10.3 Å². The zero-order valence-electron chi connectivity index (χ0n) is 9.82. The van der Waals surface area contributed by atoms with Crippen LogP contribution in [-0.4, -0.2) is 16.1 Å². The number of nitrogen functional groups attached to an aromatic ring is 1. The standard InChI is InChI=1S/C12H8F3N3O2/c13-5-3-6(14)10(15)9(4-5)18-11-7(16)1-2-8(17-11)12(19)20/h1-4H,16H2,(H,17,18)(H,19,20). The fraction of sp³-hybridized carbons (Fsp3) is 0. The highest BCUT2D eigenvalue weighted by atomic mass is 19.2. The van der Waals surface area contributed by atoms with Crippen molar-refractivity contribution in [1.29, 1.82) is 0 Å². The summed E-state index contributed by atoms with van der Waals surface area (Å²) in [5, 5.41) is 11.0. The molecule has 8 heteroatoms. The fourth-order valence-electron chi connectivity index (χ4n) is 1.46. The number of halogens is 3. The Balaban J connectivity index is 2.44. The number of carboxylic acids is 1. The van der Waals surface area contributed by atoms with Gasteiger partial charge in [0.15, 0.2) is 23.1 Å². The van der Waals surface area contributed by atoms with Gasteiger partial charge in [-0.25, -0.2) is 22.9 Å². The lowest BCUT2D eigenvalue weighted by atomic mass is 10.2. The molecule has 2 rings (SSSR count). The summed E-state index contributed by atoms with van der Waals surface area (Å²) in [6, 6.07) is 3.45. The zero-order chi connectivity index (χ0) is 14.9. The van der Waals surface area contributed by atoms with Gasteiger partial charge in [0.1, 0.15) is 5.82 Å². The maximum atomic E-state index is 13.5. The lowest BCUT2D eigenvalue weighted by molar-refractivity contribution is 0.0690. The number of pyridine rings is 1. The summed E-state index contributed by atoms with van der Waals surface area (Å²) in [7, 11) is 0.